The first-order valence-corrected chi connectivity index (χ1v) is 12.5. The molecule has 3 rings (SSSR count). The summed E-state index contributed by atoms with van der Waals surface area (Å²) in [7, 11) is -3.66. The fraction of sp³-hybridized carbons (Fsp3) is 0.478. The number of hydrogen-bond donors (Lipinski definition) is 1. The Morgan fingerprint density at radius 3 is 2.81 bits per heavy atom. The summed E-state index contributed by atoms with van der Waals surface area (Å²) in [5, 5.41) is 0. The van der Waals surface area contributed by atoms with Crippen molar-refractivity contribution in [2.24, 2.45) is 4.99 Å². The van der Waals surface area contributed by atoms with Crippen LogP contribution in [0.5, 0.6) is 0 Å². The smallest absolute Gasteiger partial charge is 0.244 e. The van der Waals surface area contributed by atoms with Crippen LogP contribution in [0.1, 0.15) is 52.7 Å². The number of H-pyrrole nitrogens is 1. The van der Waals surface area contributed by atoms with Gasteiger partial charge in [-0.15, -0.1) is 0 Å². The molecule has 0 aliphatic carbocycles. The van der Waals surface area contributed by atoms with Crippen molar-refractivity contribution in [2.75, 3.05) is 18.0 Å². The highest BCUT2D eigenvalue weighted by Crippen LogP contribution is 2.32. The van der Waals surface area contributed by atoms with E-state index < -0.39 is 10.0 Å². The van der Waals surface area contributed by atoms with Crippen LogP contribution in [0.4, 0.5) is 5.69 Å². The van der Waals surface area contributed by atoms with Gasteiger partial charge in [-0.1, -0.05) is 44.5 Å². The minimum absolute atomic E-state index is 0. The lowest BCUT2D eigenvalue weighted by molar-refractivity contribution is 0.372. The molecule has 0 saturated heterocycles. The van der Waals surface area contributed by atoms with Crippen molar-refractivity contribution in [3.05, 3.63) is 59.0 Å². The highest BCUT2D eigenvalue weighted by molar-refractivity contribution is 7.93. The van der Waals surface area contributed by atoms with Crippen LogP contribution in [-0.2, 0) is 23.1 Å². The summed E-state index contributed by atoms with van der Waals surface area (Å²) < 4.78 is 28.9. The Morgan fingerprint density at radius 1 is 1.32 bits per heavy atom. The number of aliphatic imine (C=N–C) groups is 1. The van der Waals surface area contributed by atoms with Gasteiger partial charge in [-0.05, 0) is 31.4 Å². The molecular formula is C23H35N5O2S. The van der Waals surface area contributed by atoms with Crippen molar-refractivity contribution in [3.8, 4) is 0 Å². The van der Waals surface area contributed by atoms with Crippen molar-refractivity contribution in [1.82, 2.24) is 14.3 Å². The minimum atomic E-state index is -3.66. The maximum Gasteiger partial charge on any atom is 0.244 e. The lowest BCUT2D eigenvalue weighted by Gasteiger charge is -2.33. The van der Waals surface area contributed by atoms with Crippen LogP contribution in [0, 0.1) is 0 Å². The van der Waals surface area contributed by atoms with E-state index in [4.69, 9.17) is 0 Å². The molecule has 0 bridgehead atoms. The van der Waals surface area contributed by atoms with Crippen LogP contribution >= 0.6 is 0 Å². The van der Waals surface area contributed by atoms with Gasteiger partial charge in [-0.2, -0.15) is 4.31 Å². The summed E-state index contributed by atoms with van der Waals surface area (Å²) in [6.45, 7) is 7.97. The van der Waals surface area contributed by atoms with E-state index in [1.54, 1.807) is 16.7 Å². The van der Waals surface area contributed by atoms with Crippen LogP contribution in [-0.4, -0.2) is 48.0 Å². The summed E-state index contributed by atoms with van der Waals surface area (Å²) >= 11 is 0. The topological polar surface area (TPSA) is 81.7 Å². The second kappa shape index (κ2) is 10.7. The van der Waals surface area contributed by atoms with Crippen molar-refractivity contribution >= 4 is 21.9 Å². The average Bonchev–Trinajstić information content (AvgIpc) is 3.22. The third-order valence-corrected chi connectivity index (χ3v) is 7.29. The SMILES string of the molecule is CC/C=C(\C=NCC)S(=O)(=O)N1Cc2ccccc2N(Cc2cnc[nH]2)C(CCC)C1.[HH]. The predicted octanol–water partition coefficient (Wildman–Crippen LogP) is 4.36. The van der Waals surface area contributed by atoms with Crippen molar-refractivity contribution in [1.29, 1.82) is 0 Å². The molecule has 31 heavy (non-hydrogen) atoms. The number of nitrogens with zero attached hydrogens (tertiary/aromatic N) is 4. The average molecular weight is 446 g/mol. The first-order valence-electron chi connectivity index (χ1n) is 11.0. The number of anilines is 1. The summed E-state index contributed by atoms with van der Waals surface area (Å²) in [6, 6.07) is 8.15. The Morgan fingerprint density at radius 2 is 2.13 bits per heavy atom. The zero-order valence-corrected chi connectivity index (χ0v) is 19.5. The largest absolute Gasteiger partial charge is 0.361 e. The highest BCUT2D eigenvalue weighted by atomic mass is 32.2. The first kappa shape index (κ1) is 23.2. The fourth-order valence-corrected chi connectivity index (χ4v) is 5.56. The summed E-state index contributed by atoms with van der Waals surface area (Å²) in [5.74, 6) is 0. The molecule has 0 spiro atoms. The Balaban J connectivity index is 0.00000363. The molecule has 0 saturated carbocycles. The van der Waals surface area contributed by atoms with Crippen molar-refractivity contribution in [2.45, 2.75) is 59.2 Å². The van der Waals surface area contributed by atoms with E-state index in [0.717, 1.165) is 29.8 Å². The number of aromatic nitrogens is 2. The van der Waals surface area contributed by atoms with Crippen LogP contribution in [0.3, 0.4) is 0 Å². The molecule has 2 aromatic rings. The summed E-state index contributed by atoms with van der Waals surface area (Å²) in [6.07, 6.45) is 9.27. The number of fused-ring (bicyclic) bond motifs is 1. The van der Waals surface area contributed by atoms with Gasteiger partial charge < -0.3 is 9.88 Å². The van der Waals surface area contributed by atoms with E-state index in [-0.39, 0.29) is 12.4 Å². The number of hydrogen-bond acceptors (Lipinski definition) is 5. The Bertz CT molecular complexity index is 1010. The number of para-hydroxylation sites is 1. The van der Waals surface area contributed by atoms with E-state index >= 15 is 0 Å². The van der Waals surface area contributed by atoms with E-state index in [0.29, 0.717) is 32.6 Å². The molecule has 0 amide bonds. The standard InChI is InChI=1S/C23H33N5O2S.H2/c1-4-9-21-17-27(31(29,30)22(10-5-2)14-24-6-3)15-19-11-7-8-12-23(19)28(21)16-20-13-25-18-26-20;/h7-8,10-14,18,21H,4-6,9,15-17H2,1-3H3,(H,25,26);1H/b22-10+,24-14?;. The van der Waals surface area contributed by atoms with Crippen LogP contribution < -0.4 is 4.90 Å². The molecule has 1 aromatic heterocycles. The van der Waals surface area contributed by atoms with Crippen LogP contribution in [0.2, 0.25) is 0 Å². The van der Waals surface area contributed by atoms with Crippen LogP contribution in [0.15, 0.2) is 52.8 Å². The second-order valence-corrected chi connectivity index (χ2v) is 9.65. The van der Waals surface area contributed by atoms with Gasteiger partial charge >= 0.3 is 0 Å². The number of sulfonamides is 1. The molecule has 1 atom stereocenters. The Hall–Kier alpha value is -2.45. The molecule has 1 aliphatic heterocycles. The quantitative estimate of drug-likeness (QED) is 0.582. The van der Waals surface area contributed by atoms with Gasteiger partial charge in [0, 0.05) is 45.2 Å². The second-order valence-electron chi connectivity index (χ2n) is 7.72. The fourth-order valence-electron chi connectivity index (χ4n) is 4.00. The molecule has 1 aliphatic rings. The van der Waals surface area contributed by atoms with Crippen LogP contribution in [0.25, 0.3) is 0 Å². The summed E-state index contributed by atoms with van der Waals surface area (Å²) in [4.78, 5) is 14.2. The maximum atomic E-state index is 13.6. The Kier molecular flexibility index (Phi) is 8.03. The van der Waals surface area contributed by atoms with Gasteiger partial charge in [0.25, 0.3) is 0 Å². The molecule has 1 N–H and O–H groups in total. The first-order chi connectivity index (χ1) is 15.0. The monoisotopic (exact) mass is 445 g/mol. The zero-order valence-electron chi connectivity index (χ0n) is 18.7. The zero-order chi connectivity index (χ0) is 22.3. The van der Waals surface area contributed by atoms with Crippen molar-refractivity contribution < 1.29 is 9.84 Å². The van der Waals surface area contributed by atoms with Crippen molar-refractivity contribution in [3.63, 3.8) is 0 Å². The van der Waals surface area contributed by atoms with E-state index in [1.807, 2.05) is 38.2 Å². The van der Waals surface area contributed by atoms with Gasteiger partial charge in [0.05, 0.1) is 23.5 Å². The molecule has 0 fully saturated rings. The van der Waals surface area contributed by atoms with Gasteiger partial charge in [0.15, 0.2) is 0 Å². The maximum absolute atomic E-state index is 13.6. The molecule has 2 heterocycles. The number of aromatic amines is 1. The third kappa shape index (κ3) is 5.43. The molecule has 8 heteroatoms. The number of allylic oxidation sites excluding steroid dienone is 2. The van der Waals surface area contributed by atoms with E-state index in [1.165, 1.54) is 6.21 Å². The lowest BCUT2D eigenvalue weighted by atomic mass is 10.1. The molecule has 170 valence electrons. The number of rotatable bonds is 9. The molecule has 1 unspecified atom stereocenters. The van der Waals surface area contributed by atoms with Gasteiger partial charge in [-0.3, -0.25) is 4.99 Å². The molecule has 7 nitrogen and oxygen atoms in total. The summed E-state index contributed by atoms with van der Waals surface area (Å²) in [5.41, 5.74) is 3.10. The minimum Gasteiger partial charge on any atom is -0.361 e. The predicted molar refractivity (Wildman–Crippen MR) is 129 cm³/mol. The third-order valence-electron chi connectivity index (χ3n) is 5.46. The van der Waals surface area contributed by atoms with E-state index in [9.17, 15) is 8.42 Å². The number of nitrogens with one attached hydrogen (secondary N) is 1. The Labute approximate surface area is 187 Å². The normalized spacial score (nSPS) is 18.4. The molecular weight excluding hydrogens is 410 g/mol. The molecule has 1 aromatic carbocycles. The lowest BCUT2D eigenvalue weighted by Crippen LogP contribution is -2.43. The van der Waals surface area contributed by atoms with Gasteiger partial charge in [0.2, 0.25) is 10.0 Å². The number of benzene rings is 1. The molecule has 0 radical (unpaired) electrons. The highest BCUT2D eigenvalue weighted by Gasteiger charge is 2.34. The van der Waals surface area contributed by atoms with E-state index in [2.05, 4.69) is 32.9 Å². The number of imidazole rings is 1. The van der Waals surface area contributed by atoms with Gasteiger partial charge in [0.1, 0.15) is 0 Å². The van der Waals surface area contributed by atoms with Gasteiger partial charge in [-0.25, -0.2) is 13.4 Å².